The molecule has 3 nitrogen and oxygen atoms in total. The molecule has 134 valence electrons. The zero-order valence-electron chi connectivity index (χ0n) is 13.7. The number of halogens is 3. The molecule has 0 aliphatic heterocycles. The van der Waals surface area contributed by atoms with Gasteiger partial charge in [0.05, 0.1) is 0 Å². The highest BCUT2D eigenvalue weighted by Crippen LogP contribution is 2.33. The molecule has 0 heterocycles. The van der Waals surface area contributed by atoms with Crippen molar-refractivity contribution in [1.29, 1.82) is 0 Å². The molecular weight excluding hydrogens is 343 g/mol. The van der Waals surface area contributed by atoms with E-state index >= 15 is 0 Å². The fraction of sp³-hybridized carbons (Fsp3) is 0.100. The number of ether oxygens (including phenoxy) is 2. The summed E-state index contributed by atoms with van der Waals surface area (Å²) in [7, 11) is 0. The molecule has 3 aromatic carbocycles. The van der Waals surface area contributed by atoms with Crippen LogP contribution >= 0.6 is 0 Å². The van der Waals surface area contributed by atoms with E-state index in [1.54, 1.807) is 12.1 Å². The zero-order valence-corrected chi connectivity index (χ0v) is 13.7. The molecule has 3 rings (SSSR count). The third-order valence-electron chi connectivity index (χ3n) is 3.65. The van der Waals surface area contributed by atoms with Gasteiger partial charge < -0.3 is 15.2 Å². The van der Waals surface area contributed by atoms with Gasteiger partial charge >= 0.3 is 6.36 Å². The van der Waals surface area contributed by atoms with Crippen molar-refractivity contribution in [2.75, 3.05) is 5.73 Å². The highest BCUT2D eigenvalue weighted by molar-refractivity contribution is 5.78. The summed E-state index contributed by atoms with van der Waals surface area (Å²) in [6.45, 7) is 0.415. The molecule has 0 spiro atoms. The van der Waals surface area contributed by atoms with Crippen LogP contribution in [-0.2, 0) is 6.61 Å². The molecule has 0 aromatic heterocycles. The van der Waals surface area contributed by atoms with E-state index in [0.29, 0.717) is 17.9 Å². The lowest BCUT2D eigenvalue weighted by molar-refractivity contribution is -0.274. The first-order chi connectivity index (χ1) is 12.4. The molecule has 26 heavy (non-hydrogen) atoms. The Balaban J connectivity index is 1.77. The van der Waals surface area contributed by atoms with Gasteiger partial charge in [0.2, 0.25) is 0 Å². The Kier molecular flexibility index (Phi) is 5.02. The number of benzene rings is 3. The molecule has 0 fully saturated rings. The highest BCUT2D eigenvalue weighted by atomic mass is 19.4. The molecule has 3 aromatic rings. The third-order valence-corrected chi connectivity index (χ3v) is 3.65. The summed E-state index contributed by atoms with van der Waals surface area (Å²) in [5.41, 5.74) is 8.46. The van der Waals surface area contributed by atoms with Crippen molar-refractivity contribution in [2.24, 2.45) is 0 Å². The maximum atomic E-state index is 12.3. The zero-order chi connectivity index (χ0) is 18.6. The number of rotatable bonds is 5. The maximum Gasteiger partial charge on any atom is 0.573 e. The van der Waals surface area contributed by atoms with Crippen molar-refractivity contribution in [2.45, 2.75) is 13.0 Å². The molecule has 0 aliphatic rings. The Morgan fingerprint density at radius 1 is 0.808 bits per heavy atom. The Morgan fingerprint density at radius 2 is 1.58 bits per heavy atom. The lowest BCUT2D eigenvalue weighted by Crippen LogP contribution is -2.17. The fourth-order valence-corrected chi connectivity index (χ4v) is 2.50. The lowest BCUT2D eigenvalue weighted by atomic mass is 10.0. The fourth-order valence-electron chi connectivity index (χ4n) is 2.50. The van der Waals surface area contributed by atoms with Crippen LogP contribution in [0.3, 0.4) is 0 Å². The minimum atomic E-state index is -4.75. The normalized spacial score (nSPS) is 11.2. The van der Waals surface area contributed by atoms with Crippen LogP contribution < -0.4 is 15.2 Å². The average molecular weight is 359 g/mol. The van der Waals surface area contributed by atoms with E-state index in [9.17, 15) is 13.2 Å². The Bertz CT molecular complexity index is 880. The van der Waals surface area contributed by atoms with E-state index in [1.165, 1.54) is 12.1 Å². The summed E-state index contributed by atoms with van der Waals surface area (Å²) in [6, 6.07) is 20.8. The standard InChI is InChI=1S/C20H16F3NO2/c21-20(22,23)26-17-9-10-18(19(24)12-17)15-7-4-8-16(11-15)25-13-14-5-2-1-3-6-14/h1-12H,13,24H2. The summed E-state index contributed by atoms with van der Waals surface area (Å²) in [5.74, 6) is 0.289. The van der Waals surface area contributed by atoms with Crippen LogP contribution in [0, 0.1) is 0 Å². The Labute approximate surface area is 148 Å². The smallest absolute Gasteiger partial charge is 0.489 e. The van der Waals surface area contributed by atoms with Crippen molar-refractivity contribution in [3.05, 3.63) is 78.4 Å². The van der Waals surface area contributed by atoms with Crippen LogP contribution in [0.25, 0.3) is 11.1 Å². The van der Waals surface area contributed by atoms with Crippen molar-refractivity contribution in [1.82, 2.24) is 0 Å². The predicted molar refractivity (Wildman–Crippen MR) is 93.7 cm³/mol. The molecule has 6 heteroatoms. The molecule has 0 aliphatic carbocycles. The van der Waals surface area contributed by atoms with E-state index in [0.717, 1.165) is 17.2 Å². The van der Waals surface area contributed by atoms with Crippen LogP contribution in [0.1, 0.15) is 5.56 Å². The first-order valence-corrected chi connectivity index (χ1v) is 7.83. The molecule has 0 bridgehead atoms. The van der Waals surface area contributed by atoms with E-state index < -0.39 is 6.36 Å². The van der Waals surface area contributed by atoms with Crippen LogP contribution in [0.2, 0.25) is 0 Å². The second-order valence-electron chi connectivity index (χ2n) is 5.60. The van der Waals surface area contributed by atoms with E-state index in [1.807, 2.05) is 42.5 Å². The summed E-state index contributed by atoms with van der Waals surface area (Å²) in [6.07, 6.45) is -4.75. The third kappa shape index (κ3) is 4.69. The minimum Gasteiger partial charge on any atom is -0.489 e. The molecular formula is C20H16F3NO2. The van der Waals surface area contributed by atoms with Crippen LogP contribution in [0.5, 0.6) is 11.5 Å². The van der Waals surface area contributed by atoms with Crippen molar-refractivity contribution < 1.29 is 22.6 Å². The number of nitrogens with two attached hydrogens (primary N) is 1. The van der Waals surface area contributed by atoms with Gasteiger partial charge in [0.25, 0.3) is 0 Å². The largest absolute Gasteiger partial charge is 0.573 e. The topological polar surface area (TPSA) is 44.5 Å². The van der Waals surface area contributed by atoms with Crippen molar-refractivity contribution in [3.8, 4) is 22.6 Å². The monoisotopic (exact) mass is 359 g/mol. The lowest BCUT2D eigenvalue weighted by Gasteiger charge is -2.13. The highest BCUT2D eigenvalue weighted by Gasteiger charge is 2.31. The Morgan fingerprint density at radius 3 is 2.27 bits per heavy atom. The summed E-state index contributed by atoms with van der Waals surface area (Å²) in [5, 5.41) is 0. The van der Waals surface area contributed by atoms with Gasteiger partial charge in [0.1, 0.15) is 18.1 Å². The van der Waals surface area contributed by atoms with E-state index in [2.05, 4.69) is 4.74 Å². The number of hydrogen-bond donors (Lipinski definition) is 1. The van der Waals surface area contributed by atoms with Gasteiger partial charge in [-0.25, -0.2) is 0 Å². The van der Waals surface area contributed by atoms with Crippen LogP contribution in [0.15, 0.2) is 72.8 Å². The molecule has 0 saturated carbocycles. The molecule has 0 saturated heterocycles. The molecule has 2 N–H and O–H groups in total. The summed E-state index contributed by atoms with van der Waals surface area (Å²) in [4.78, 5) is 0. The van der Waals surface area contributed by atoms with Gasteiger partial charge in [-0.3, -0.25) is 0 Å². The molecule has 0 unspecified atom stereocenters. The number of anilines is 1. The van der Waals surface area contributed by atoms with Gasteiger partial charge in [-0.2, -0.15) is 0 Å². The SMILES string of the molecule is Nc1cc(OC(F)(F)F)ccc1-c1cccc(OCc2ccccc2)c1. The minimum absolute atomic E-state index is 0.187. The first-order valence-electron chi connectivity index (χ1n) is 7.83. The number of nitrogen functional groups attached to an aromatic ring is 1. The maximum absolute atomic E-state index is 12.3. The number of hydrogen-bond acceptors (Lipinski definition) is 3. The van der Waals surface area contributed by atoms with E-state index in [4.69, 9.17) is 10.5 Å². The average Bonchev–Trinajstić information content (AvgIpc) is 2.60. The second kappa shape index (κ2) is 7.39. The predicted octanol–water partition coefficient (Wildman–Crippen LogP) is 5.41. The van der Waals surface area contributed by atoms with Crippen molar-refractivity contribution >= 4 is 5.69 Å². The van der Waals surface area contributed by atoms with Gasteiger partial charge in [-0.05, 0) is 35.4 Å². The van der Waals surface area contributed by atoms with Gasteiger partial charge in [-0.15, -0.1) is 13.2 Å². The van der Waals surface area contributed by atoms with E-state index in [-0.39, 0.29) is 11.4 Å². The van der Waals surface area contributed by atoms with Gasteiger partial charge in [-0.1, -0.05) is 42.5 Å². The molecule has 0 amide bonds. The summed E-state index contributed by atoms with van der Waals surface area (Å²) >= 11 is 0. The van der Waals surface area contributed by atoms with Crippen molar-refractivity contribution in [3.63, 3.8) is 0 Å². The number of alkyl halides is 3. The summed E-state index contributed by atoms with van der Waals surface area (Å²) < 4.78 is 46.5. The Hall–Kier alpha value is -3.15. The van der Waals surface area contributed by atoms with Gasteiger partial charge in [0.15, 0.2) is 0 Å². The molecule has 0 atom stereocenters. The second-order valence-corrected chi connectivity index (χ2v) is 5.60. The van der Waals surface area contributed by atoms with Crippen LogP contribution in [0.4, 0.5) is 18.9 Å². The quantitative estimate of drug-likeness (QED) is 0.619. The van der Waals surface area contributed by atoms with Crippen LogP contribution in [-0.4, -0.2) is 6.36 Å². The van der Waals surface area contributed by atoms with Gasteiger partial charge in [0, 0.05) is 17.3 Å². The first kappa shape index (κ1) is 17.7. The molecule has 0 radical (unpaired) electrons.